The molecule has 0 N–H and O–H groups in total. The molecular formula is C16H26O2SeSi. The van der Waals surface area contributed by atoms with Crippen molar-refractivity contribution in [3.05, 3.63) is 40.7 Å². The molecule has 0 radical (unpaired) electrons. The number of rotatable bonds is 5. The van der Waals surface area contributed by atoms with Crippen LogP contribution in [-0.4, -0.2) is 30.4 Å². The van der Waals surface area contributed by atoms with Gasteiger partial charge in [0.1, 0.15) is 0 Å². The van der Waals surface area contributed by atoms with Crippen LogP contribution in [0.25, 0.3) is 0 Å². The second kappa shape index (κ2) is 6.84. The van der Waals surface area contributed by atoms with Crippen molar-refractivity contribution in [1.29, 1.82) is 0 Å². The summed E-state index contributed by atoms with van der Waals surface area (Å²) in [5.41, 5.74) is 0. The van der Waals surface area contributed by atoms with E-state index in [-0.39, 0.29) is 20.0 Å². The monoisotopic (exact) mass is 358 g/mol. The van der Waals surface area contributed by atoms with Crippen LogP contribution in [0.1, 0.15) is 27.7 Å². The van der Waals surface area contributed by atoms with E-state index in [9.17, 15) is 0 Å². The number of ether oxygens (including phenoxy) is 1. The summed E-state index contributed by atoms with van der Waals surface area (Å²) >= 11 is 0.245. The maximum atomic E-state index is 6.30. The van der Waals surface area contributed by atoms with Crippen LogP contribution in [0.15, 0.2) is 40.7 Å². The Morgan fingerprint density at radius 1 is 1.10 bits per heavy atom. The van der Waals surface area contributed by atoms with Gasteiger partial charge in [-0.1, -0.05) is 0 Å². The molecule has 0 aliphatic carbocycles. The van der Waals surface area contributed by atoms with Crippen molar-refractivity contribution in [2.45, 2.75) is 45.8 Å². The van der Waals surface area contributed by atoms with Crippen molar-refractivity contribution >= 4 is 27.7 Å². The maximum absolute atomic E-state index is 6.30. The first kappa shape index (κ1) is 17.3. The van der Waals surface area contributed by atoms with Gasteiger partial charge in [-0.2, -0.15) is 0 Å². The zero-order valence-corrected chi connectivity index (χ0v) is 16.3. The van der Waals surface area contributed by atoms with E-state index in [4.69, 9.17) is 9.16 Å². The van der Waals surface area contributed by atoms with Gasteiger partial charge in [-0.25, -0.2) is 0 Å². The van der Waals surface area contributed by atoms with Crippen molar-refractivity contribution in [3.8, 4) is 0 Å². The van der Waals surface area contributed by atoms with Gasteiger partial charge in [0.2, 0.25) is 0 Å². The van der Waals surface area contributed by atoms with E-state index in [0.29, 0.717) is 0 Å². The molecule has 1 aromatic rings. The number of hydrogen-bond acceptors (Lipinski definition) is 2. The Balaban J connectivity index is 2.91. The topological polar surface area (TPSA) is 18.5 Å². The molecule has 0 atom stereocenters. The van der Waals surface area contributed by atoms with Gasteiger partial charge in [-0.05, 0) is 0 Å². The first-order valence-electron chi connectivity index (χ1n) is 6.84. The van der Waals surface area contributed by atoms with Crippen molar-refractivity contribution in [1.82, 2.24) is 0 Å². The normalized spacial score (nSPS) is 13.8. The molecule has 1 rings (SSSR count). The van der Waals surface area contributed by atoms with Crippen LogP contribution in [0.4, 0.5) is 0 Å². The van der Waals surface area contributed by atoms with Crippen LogP contribution in [0.5, 0.6) is 0 Å². The fourth-order valence-corrected chi connectivity index (χ4v) is 4.31. The summed E-state index contributed by atoms with van der Waals surface area (Å²) < 4.78 is 14.4. The minimum atomic E-state index is -1.84. The number of methoxy groups -OCH3 is 1. The van der Waals surface area contributed by atoms with Crippen molar-refractivity contribution in [3.63, 3.8) is 0 Å². The molecule has 0 aliphatic heterocycles. The minimum absolute atomic E-state index is 0.177. The first-order chi connectivity index (χ1) is 9.17. The molecule has 0 heterocycles. The molecule has 0 unspecified atom stereocenters. The van der Waals surface area contributed by atoms with Crippen LogP contribution in [0.2, 0.25) is 18.1 Å². The van der Waals surface area contributed by atoms with E-state index in [1.54, 1.807) is 7.11 Å². The zero-order valence-electron chi connectivity index (χ0n) is 13.6. The molecule has 4 heteroatoms. The van der Waals surface area contributed by atoms with Crippen molar-refractivity contribution in [2.24, 2.45) is 0 Å². The van der Waals surface area contributed by atoms with Crippen molar-refractivity contribution < 1.29 is 9.16 Å². The number of benzene rings is 1. The standard InChI is InChI=1S/C16H26O2SeSi/c1-13(19-14-11-9-8-10-12-14)15(17-5)18-20(6,7)16(2,3)4/h8-12H,1-7H3/b15-13-. The van der Waals surface area contributed by atoms with Crippen LogP contribution < -0.4 is 4.46 Å². The Kier molecular flexibility index (Phi) is 5.93. The molecular weight excluding hydrogens is 331 g/mol. The van der Waals surface area contributed by atoms with Gasteiger partial charge in [0, 0.05) is 0 Å². The summed E-state index contributed by atoms with van der Waals surface area (Å²) in [5.74, 6) is 0.723. The average Bonchev–Trinajstić information content (AvgIpc) is 2.35. The molecule has 1 aromatic carbocycles. The first-order valence-corrected chi connectivity index (χ1v) is 11.5. The van der Waals surface area contributed by atoms with Gasteiger partial charge >= 0.3 is 131 Å². The quantitative estimate of drug-likeness (QED) is 0.588. The zero-order chi connectivity index (χ0) is 15.4. The Hall–Kier alpha value is -0.704. The van der Waals surface area contributed by atoms with E-state index >= 15 is 0 Å². The number of allylic oxidation sites excluding steroid dienone is 1. The van der Waals surface area contributed by atoms with Crippen LogP contribution in [-0.2, 0) is 9.16 Å². The Morgan fingerprint density at radius 3 is 2.10 bits per heavy atom. The van der Waals surface area contributed by atoms with Crippen LogP contribution in [0, 0.1) is 0 Å². The third kappa shape index (κ3) is 4.69. The van der Waals surface area contributed by atoms with E-state index in [0.717, 1.165) is 5.95 Å². The predicted octanol–water partition coefficient (Wildman–Crippen LogP) is 3.87. The van der Waals surface area contributed by atoms with Gasteiger partial charge in [0.05, 0.1) is 0 Å². The van der Waals surface area contributed by atoms with Crippen LogP contribution >= 0.6 is 0 Å². The summed E-state index contributed by atoms with van der Waals surface area (Å²) in [7, 11) is -0.140. The average molecular weight is 357 g/mol. The molecule has 0 bridgehead atoms. The second-order valence-electron chi connectivity index (χ2n) is 6.33. The molecule has 0 spiro atoms. The third-order valence-corrected chi connectivity index (χ3v) is 10.0. The van der Waals surface area contributed by atoms with Gasteiger partial charge in [0.15, 0.2) is 0 Å². The summed E-state index contributed by atoms with van der Waals surface area (Å²) in [6.45, 7) is 13.3. The summed E-state index contributed by atoms with van der Waals surface area (Å²) in [4.78, 5) is 0. The number of hydrogen-bond donors (Lipinski definition) is 0. The fraction of sp³-hybridized carbons (Fsp3) is 0.500. The molecule has 20 heavy (non-hydrogen) atoms. The Morgan fingerprint density at radius 2 is 1.65 bits per heavy atom. The molecule has 112 valence electrons. The molecule has 2 nitrogen and oxygen atoms in total. The van der Waals surface area contributed by atoms with E-state index in [1.165, 1.54) is 8.93 Å². The van der Waals surface area contributed by atoms with E-state index < -0.39 is 8.32 Å². The Labute approximate surface area is 130 Å². The molecule has 0 saturated heterocycles. The van der Waals surface area contributed by atoms with E-state index in [2.05, 4.69) is 65.1 Å². The van der Waals surface area contributed by atoms with Gasteiger partial charge in [0.25, 0.3) is 0 Å². The van der Waals surface area contributed by atoms with Gasteiger partial charge < -0.3 is 0 Å². The molecule has 0 aliphatic rings. The van der Waals surface area contributed by atoms with Gasteiger partial charge in [-0.15, -0.1) is 0 Å². The second-order valence-corrected chi connectivity index (χ2v) is 13.8. The fourth-order valence-electron chi connectivity index (χ4n) is 1.35. The Bertz CT molecular complexity index is 461. The third-order valence-electron chi connectivity index (χ3n) is 3.64. The molecule has 0 saturated carbocycles. The summed E-state index contributed by atoms with van der Waals surface area (Å²) in [6, 6.07) is 10.5. The van der Waals surface area contributed by atoms with E-state index in [1.807, 2.05) is 6.07 Å². The SMILES string of the molecule is CO/C(O[Si](C)(C)C(C)(C)C)=C(\C)[Se]c1ccccc1. The molecule has 0 amide bonds. The van der Waals surface area contributed by atoms with Crippen molar-refractivity contribution in [2.75, 3.05) is 7.11 Å². The molecule has 0 aromatic heterocycles. The van der Waals surface area contributed by atoms with Gasteiger partial charge in [-0.3, -0.25) is 0 Å². The predicted molar refractivity (Wildman–Crippen MR) is 89.8 cm³/mol. The summed E-state index contributed by atoms with van der Waals surface area (Å²) in [6.07, 6.45) is 0. The molecule has 0 fully saturated rings. The summed E-state index contributed by atoms with van der Waals surface area (Å²) in [5, 5.41) is 0.177. The van der Waals surface area contributed by atoms with Crippen LogP contribution in [0.3, 0.4) is 0 Å².